The Bertz CT molecular complexity index is 1600. The van der Waals surface area contributed by atoms with Gasteiger partial charge >= 0.3 is 0 Å². The fraction of sp³-hybridized carbons (Fsp3) is 0.120. The van der Waals surface area contributed by atoms with Crippen LogP contribution in [-0.2, 0) is 14.8 Å². The van der Waals surface area contributed by atoms with Crippen LogP contribution >= 0.6 is 0 Å². The van der Waals surface area contributed by atoms with Gasteiger partial charge in [-0.05, 0) is 43.3 Å². The van der Waals surface area contributed by atoms with E-state index in [4.69, 9.17) is 5.73 Å². The summed E-state index contributed by atoms with van der Waals surface area (Å²) in [6.07, 6.45) is -1.50. The number of nitrogens with one attached hydrogen (secondary N) is 2. The molecular formula is C25H20F2N4O5S. The normalized spacial score (nSPS) is 13.3. The third kappa shape index (κ3) is 5.50. The van der Waals surface area contributed by atoms with Crippen LogP contribution in [0.2, 0.25) is 0 Å². The van der Waals surface area contributed by atoms with E-state index in [2.05, 4.69) is 9.97 Å². The second-order valence-electron chi connectivity index (χ2n) is 8.20. The average Bonchev–Trinajstić information content (AvgIpc) is 3.26. The van der Waals surface area contributed by atoms with Crippen molar-refractivity contribution >= 4 is 38.4 Å². The number of Topliss-reactive ketones (excluding diaryl/α,β-unsaturated/α-hetero) is 3. The number of H-pyrrole nitrogens is 1. The second-order valence-corrected chi connectivity index (χ2v) is 9.91. The zero-order valence-corrected chi connectivity index (χ0v) is 20.1. The predicted octanol–water partition coefficient (Wildman–Crippen LogP) is 2.84. The number of nitrogens with two attached hydrogens (primary N) is 1. The van der Waals surface area contributed by atoms with Crippen molar-refractivity contribution in [3.63, 3.8) is 0 Å². The molecule has 9 nitrogen and oxygen atoms in total. The van der Waals surface area contributed by atoms with Gasteiger partial charge in [-0.1, -0.05) is 24.3 Å². The lowest BCUT2D eigenvalue weighted by Crippen LogP contribution is -2.46. The van der Waals surface area contributed by atoms with Gasteiger partial charge in [-0.15, -0.1) is 0 Å². The van der Waals surface area contributed by atoms with E-state index in [9.17, 15) is 31.6 Å². The molecule has 190 valence electrons. The predicted molar refractivity (Wildman–Crippen MR) is 129 cm³/mol. The standard InChI is InChI=1S/C25H20F2N4O5S/c1-13(32)24(28)31-37(35,36)18-6-4-5-14(11-18)22(33)21(23(34)15-9-16(26)12-17(27)10-15)25-29-19-7-2-3-8-20(19)30-25/h2-12,21,24,31H,28H2,1H3,(H,29,30). The number of sulfonamides is 1. The summed E-state index contributed by atoms with van der Waals surface area (Å²) in [5.41, 5.74) is 5.84. The van der Waals surface area contributed by atoms with Gasteiger partial charge in [0.15, 0.2) is 17.3 Å². The van der Waals surface area contributed by atoms with Crippen LogP contribution in [0.4, 0.5) is 8.78 Å². The molecule has 0 fully saturated rings. The van der Waals surface area contributed by atoms with Crippen LogP contribution < -0.4 is 10.5 Å². The number of rotatable bonds is 9. The Hall–Kier alpha value is -4.13. The van der Waals surface area contributed by atoms with Crippen LogP contribution in [-0.4, -0.2) is 41.9 Å². The molecule has 0 aliphatic carbocycles. The molecule has 1 aromatic heterocycles. The van der Waals surface area contributed by atoms with Crippen molar-refractivity contribution in [2.45, 2.75) is 23.9 Å². The van der Waals surface area contributed by atoms with Crippen LogP contribution in [0.3, 0.4) is 0 Å². The van der Waals surface area contributed by atoms with E-state index in [0.29, 0.717) is 17.1 Å². The summed E-state index contributed by atoms with van der Waals surface area (Å²) >= 11 is 0. The van der Waals surface area contributed by atoms with Gasteiger partial charge in [0, 0.05) is 17.2 Å². The highest BCUT2D eigenvalue weighted by Gasteiger charge is 2.34. The number of carbonyl (C=O) groups excluding carboxylic acids is 3. The maximum atomic E-state index is 13.9. The van der Waals surface area contributed by atoms with Crippen molar-refractivity contribution < 1.29 is 31.6 Å². The molecular weight excluding hydrogens is 506 g/mol. The third-order valence-corrected chi connectivity index (χ3v) is 6.94. The Morgan fingerprint density at radius 3 is 2.22 bits per heavy atom. The molecule has 37 heavy (non-hydrogen) atoms. The lowest BCUT2D eigenvalue weighted by Gasteiger charge is -2.15. The van der Waals surface area contributed by atoms with Crippen LogP contribution in [0.5, 0.6) is 0 Å². The number of carbonyl (C=O) groups is 3. The molecule has 2 unspecified atom stereocenters. The van der Waals surface area contributed by atoms with Gasteiger partial charge in [-0.3, -0.25) is 14.4 Å². The topological polar surface area (TPSA) is 152 Å². The quantitative estimate of drug-likeness (QED) is 0.172. The molecule has 4 aromatic rings. The Kier molecular flexibility index (Phi) is 7.07. The van der Waals surface area contributed by atoms with Gasteiger partial charge in [0.1, 0.15) is 29.5 Å². The Balaban J connectivity index is 1.80. The first-order valence-corrected chi connectivity index (χ1v) is 12.3. The highest BCUT2D eigenvalue weighted by atomic mass is 32.2. The molecule has 3 aromatic carbocycles. The average molecular weight is 527 g/mol. The van der Waals surface area contributed by atoms with Crippen LogP contribution in [0, 0.1) is 11.6 Å². The SMILES string of the molecule is CC(=O)C(N)NS(=O)(=O)c1cccc(C(=O)C(C(=O)c2cc(F)cc(F)c2)c2nc3ccccc3[nH]2)c1. The molecule has 1 heterocycles. The maximum absolute atomic E-state index is 13.9. The number of fused-ring (bicyclic) bond motifs is 1. The number of aromatic nitrogens is 2. The van der Waals surface area contributed by atoms with Crippen LogP contribution in [0.15, 0.2) is 71.6 Å². The van der Waals surface area contributed by atoms with Crippen LogP contribution in [0.1, 0.15) is 39.4 Å². The maximum Gasteiger partial charge on any atom is 0.242 e. The van der Waals surface area contributed by atoms with Crippen molar-refractivity contribution in [1.29, 1.82) is 0 Å². The number of hydrogen-bond acceptors (Lipinski definition) is 7. The van der Waals surface area contributed by atoms with E-state index >= 15 is 0 Å². The molecule has 4 N–H and O–H groups in total. The van der Waals surface area contributed by atoms with Crippen LogP contribution in [0.25, 0.3) is 11.0 Å². The van der Waals surface area contributed by atoms with E-state index in [1.54, 1.807) is 24.3 Å². The first-order valence-electron chi connectivity index (χ1n) is 10.8. The smallest absolute Gasteiger partial charge is 0.242 e. The summed E-state index contributed by atoms with van der Waals surface area (Å²) in [5, 5.41) is 0. The fourth-order valence-corrected chi connectivity index (χ4v) is 4.82. The lowest BCUT2D eigenvalue weighted by molar-refractivity contribution is -0.118. The molecule has 4 rings (SSSR count). The van der Waals surface area contributed by atoms with E-state index in [1.807, 2.05) is 4.72 Å². The summed E-state index contributed by atoms with van der Waals surface area (Å²) in [6.45, 7) is 1.10. The number of hydrogen-bond donors (Lipinski definition) is 3. The van der Waals surface area contributed by atoms with Gasteiger partial charge in [0.2, 0.25) is 10.0 Å². The monoisotopic (exact) mass is 526 g/mol. The number of halogens is 2. The summed E-state index contributed by atoms with van der Waals surface area (Å²) in [6, 6.07) is 13.6. The highest BCUT2D eigenvalue weighted by molar-refractivity contribution is 7.89. The van der Waals surface area contributed by atoms with E-state index in [-0.39, 0.29) is 16.3 Å². The number of nitrogens with zero attached hydrogens (tertiary/aromatic N) is 1. The molecule has 2 atom stereocenters. The Morgan fingerprint density at radius 1 is 0.919 bits per heavy atom. The minimum absolute atomic E-state index is 0.0918. The second kappa shape index (κ2) is 10.1. The van der Waals surface area contributed by atoms with Gasteiger partial charge in [0.05, 0.1) is 15.9 Å². The molecule has 0 aliphatic heterocycles. The zero-order valence-electron chi connectivity index (χ0n) is 19.2. The number of ketones is 3. The van der Waals surface area contributed by atoms with Gasteiger partial charge in [-0.25, -0.2) is 22.2 Å². The number of benzene rings is 3. The summed E-state index contributed by atoms with van der Waals surface area (Å²) < 4.78 is 55.1. The molecule has 12 heteroatoms. The van der Waals surface area contributed by atoms with E-state index in [0.717, 1.165) is 25.1 Å². The molecule has 0 radical (unpaired) electrons. The highest BCUT2D eigenvalue weighted by Crippen LogP contribution is 2.27. The van der Waals surface area contributed by atoms with E-state index < -0.39 is 56.7 Å². The van der Waals surface area contributed by atoms with Crippen molar-refractivity contribution in [1.82, 2.24) is 14.7 Å². The minimum Gasteiger partial charge on any atom is -0.341 e. The minimum atomic E-state index is -4.31. The summed E-state index contributed by atoms with van der Waals surface area (Å²) in [7, 11) is -4.31. The molecule has 0 amide bonds. The van der Waals surface area contributed by atoms with Gasteiger partial charge < -0.3 is 10.7 Å². The largest absolute Gasteiger partial charge is 0.341 e. The van der Waals surface area contributed by atoms with Gasteiger partial charge in [0.25, 0.3) is 0 Å². The number of para-hydroxylation sites is 2. The molecule has 0 aliphatic rings. The summed E-state index contributed by atoms with van der Waals surface area (Å²) in [5.74, 6) is -6.26. The first-order chi connectivity index (χ1) is 17.5. The number of imidazole rings is 1. The fourth-order valence-electron chi connectivity index (χ4n) is 3.64. The Morgan fingerprint density at radius 2 is 1.57 bits per heavy atom. The third-order valence-electron chi connectivity index (χ3n) is 5.50. The van der Waals surface area contributed by atoms with Crippen molar-refractivity contribution in [2.75, 3.05) is 0 Å². The summed E-state index contributed by atoms with van der Waals surface area (Å²) in [4.78, 5) is 45.3. The molecule has 0 bridgehead atoms. The van der Waals surface area contributed by atoms with Crippen molar-refractivity contribution in [3.05, 3.63) is 95.3 Å². The number of aromatic amines is 1. The molecule has 0 saturated heterocycles. The first kappa shape index (κ1) is 25.9. The van der Waals surface area contributed by atoms with E-state index in [1.165, 1.54) is 18.2 Å². The Labute approximate surface area is 209 Å². The van der Waals surface area contributed by atoms with Crippen molar-refractivity contribution in [2.24, 2.45) is 5.73 Å². The molecule has 0 saturated carbocycles. The lowest BCUT2D eigenvalue weighted by atomic mass is 9.89. The molecule has 0 spiro atoms. The van der Waals surface area contributed by atoms with Gasteiger partial charge in [-0.2, -0.15) is 4.72 Å². The van der Waals surface area contributed by atoms with Crippen molar-refractivity contribution in [3.8, 4) is 0 Å². The zero-order chi connectivity index (χ0) is 26.9.